The standard InChI is InChI=1S/C12H13Cl2F/c1-8(2)10(7-13)5-9-3-4-11(15)6-12(9)14/h3-6,8H,7H2,1-2H3/b10-5+. The Bertz CT molecular complexity index is 370. The van der Waals surface area contributed by atoms with Gasteiger partial charge in [0.25, 0.3) is 0 Å². The van der Waals surface area contributed by atoms with Gasteiger partial charge in [-0.3, -0.25) is 0 Å². The second-order valence-electron chi connectivity index (χ2n) is 3.67. The lowest BCUT2D eigenvalue weighted by atomic mass is 10.0. The number of halogens is 3. The van der Waals surface area contributed by atoms with Crippen molar-refractivity contribution in [3.8, 4) is 0 Å². The van der Waals surface area contributed by atoms with Gasteiger partial charge in [-0.25, -0.2) is 4.39 Å². The number of hydrogen-bond donors (Lipinski definition) is 0. The molecule has 0 saturated heterocycles. The van der Waals surface area contributed by atoms with E-state index >= 15 is 0 Å². The molecular weight excluding hydrogens is 234 g/mol. The zero-order valence-corrected chi connectivity index (χ0v) is 10.2. The topological polar surface area (TPSA) is 0 Å². The summed E-state index contributed by atoms with van der Waals surface area (Å²) in [6, 6.07) is 4.36. The Morgan fingerprint density at radius 1 is 1.47 bits per heavy atom. The normalized spacial score (nSPS) is 12.3. The minimum atomic E-state index is -0.325. The van der Waals surface area contributed by atoms with Crippen molar-refractivity contribution in [1.29, 1.82) is 0 Å². The van der Waals surface area contributed by atoms with Crippen LogP contribution in [0.1, 0.15) is 19.4 Å². The first-order valence-corrected chi connectivity index (χ1v) is 5.67. The molecule has 0 fully saturated rings. The van der Waals surface area contributed by atoms with Crippen molar-refractivity contribution in [2.45, 2.75) is 13.8 Å². The number of benzene rings is 1. The van der Waals surface area contributed by atoms with E-state index in [1.165, 1.54) is 12.1 Å². The van der Waals surface area contributed by atoms with Crippen LogP contribution in [-0.4, -0.2) is 5.88 Å². The van der Waals surface area contributed by atoms with E-state index in [2.05, 4.69) is 13.8 Å². The van der Waals surface area contributed by atoms with Gasteiger partial charge in [-0.05, 0) is 23.6 Å². The maximum absolute atomic E-state index is 12.8. The summed E-state index contributed by atoms with van der Waals surface area (Å²) in [5.74, 6) is 0.503. The fraction of sp³-hybridized carbons (Fsp3) is 0.333. The Hall–Kier alpha value is -0.530. The van der Waals surface area contributed by atoms with Gasteiger partial charge < -0.3 is 0 Å². The Labute approximate surface area is 99.7 Å². The summed E-state index contributed by atoms with van der Waals surface area (Å²) >= 11 is 11.7. The first-order chi connectivity index (χ1) is 7.04. The Morgan fingerprint density at radius 2 is 2.13 bits per heavy atom. The van der Waals surface area contributed by atoms with E-state index in [4.69, 9.17) is 23.2 Å². The number of allylic oxidation sites excluding steroid dienone is 1. The van der Waals surface area contributed by atoms with Crippen molar-refractivity contribution in [3.63, 3.8) is 0 Å². The first kappa shape index (κ1) is 12.5. The average molecular weight is 247 g/mol. The first-order valence-electron chi connectivity index (χ1n) is 4.76. The van der Waals surface area contributed by atoms with Crippen molar-refractivity contribution in [2.24, 2.45) is 5.92 Å². The van der Waals surface area contributed by atoms with Crippen LogP contribution in [0.25, 0.3) is 6.08 Å². The quantitative estimate of drug-likeness (QED) is 0.675. The Kier molecular flexibility index (Phi) is 4.62. The van der Waals surface area contributed by atoms with Crippen LogP contribution < -0.4 is 0 Å². The molecule has 0 amide bonds. The van der Waals surface area contributed by atoms with Crippen LogP contribution in [-0.2, 0) is 0 Å². The molecule has 0 aromatic heterocycles. The monoisotopic (exact) mass is 246 g/mol. The van der Waals surface area contributed by atoms with E-state index in [0.29, 0.717) is 16.8 Å². The predicted molar refractivity (Wildman–Crippen MR) is 64.9 cm³/mol. The summed E-state index contributed by atoms with van der Waals surface area (Å²) < 4.78 is 12.8. The zero-order chi connectivity index (χ0) is 11.4. The largest absolute Gasteiger partial charge is 0.207 e. The molecule has 15 heavy (non-hydrogen) atoms. The summed E-state index contributed by atoms with van der Waals surface area (Å²) in [6.45, 7) is 4.12. The van der Waals surface area contributed by atoms with Gasteiger partial charge in [-0.15, -0.1) is 11.6 Å². The highest BCUT2D eigenvalue weighted by Crippen LogP contribution is 2.23. The van der Waals surface area contributed by atoms with Crippen LogP contribution in [0.2, 0.25) is 5.02 Å². The molecule has 0 aliphatic heterocycles. The third kappa shape index (κ3) is 3.51. The molecule has 0 aliphatic carbocycles. The fourth-order valence-electron chi connectivity index (χ4n) is 1.18. The van der Waals surface area contributed by atoms with Gasteiger partial charge in [-0.1, -0.05) is 43.2 Å². The lowest BCUT2D eigenvalue weighted by Gasteiger charge is -2.08. The molecular formula is C12H13Cl2F. The second-order valence-corrected chi connectivity index (χ2v) is 4.35. The van der Waals surface area contributed by atoms with Gasteiger partial charge >= 0.3 is 0 Å². The van der Waals surface area contributed by atoms with Crippen molar-refractivity contribution in [1.82, 2.24) is 0 Å². The molecule has 0 unspecified atom stereocenters. The smallest absolute Gasteiger partial charge is 0.124 e. The summed E-state index contributed by atoms with van der Waals surface area (Å²) in [6.07, 6.45) is 1.92. The van der Waals surface area contributed by atoms with E-state index in [1.807, 2.05) is 6.08 Å². The van der Waals surface area contributed by atoms with E-state index in [1.54, 1.807) is 6.07 Å². The molecule has 0 aliphatic rings. The highest BCUT2D eigenvalue weighted by Gasteiger charge is 2.04. The lowest BCUT2D eigenvalue weighted by molar-refractivity contribution is 0.628. The molecule has 0 nitrogen and oxygen atoms in total. The SMILES string of the molecule is CC(C)/C(=C/c1ccc(F)cc1Cl)CCl. The van der Waals surface area contributed by atoms with E-state index in [-0.39, 0.29) is 5.82 Å². The molecule has 0 spiro atoms. The number of hydrogen-bond acceptors (Lipinski definition) is 0. The van der Waals surface area contributed by atoms with Crippen LogP contribution in [0.3, 0.4) is 0 Å². The van der Waals surface area contributed by atoms with Gasteiger partial charge in [0.1, 0.15) is 5.82 Å². The highest BCUT2D eigenvalue weighted by atomic mass is 35.5. The van der Waals surface area contributed by atoms with Crippen LogP contribution in [0.15, 0.2) is 23.8 Å². The average Bonchev–Trinajstić information content (AvgIpc) is 2.16. The van der Waals surface area contributed by atoms with Gasteiger partial charge in [-0.2, -0.15) is 0 Å². The fourth-order valence-corrected chi connectivity index (χ4v) is 1.79. The van der Waals surface area contributed by atoms with Crippen LogP contribution in [0.4, 0.5) is 4.39 Å². The maximum atomic E-state index is 12.8. The minimum Gasteiger partial charge on any atom is -0.207 e. The molecule has 1 aromatic carbocycles. The highest BCUT2D eigenvalue weighted by molar-refractivity contribution is 6.32. The zero-order valence-electron chi connectivity index (χ0n) is 8.73. The third-order valence-corrected chi connectivity index (χ3v) is 2.84. The molecule has 1 aromatic rings. The second kappa shape index (κ2) is 5.53. The third-order valence-electron chi connectivity index (χ3n) is 2.20. The molecule has 0 saturated carbocycles. The number of alkyl halides is 1. The summed E-state index contributed by atoms with van der Waals surface area (Å²) in [4.78, 5) is 0. The van der Waals surface area contributed by atoms with Crippen molar-refractivity contribution in [2.75, 3.05) is 5.88 Å². The van der Waals surface area contributed by atoms with Crippen LogP contribution >= 0.6 is 23.2 Å². The molecule has 0 bridgehead atoms. The lowest BCUT2D eigenvalue weighted by Crippen LogP contribution is -1.95. The molecule has 0 atom stereocenters. The molecule has 1 rings (SSSR count). The maximum Gasteiger partial charge on any atom is 0.124 e. The van der Waals surface area contributed by atoms with Crippen LogP contribution in [0, 0.1) is 11.7 Å². The molecule has 0 N–H and O–H groups in total. The molecule has 0 heterocycles. The van der Waals surface area contributed by atoms with Gasteiger partial charge in [0, 0.05) is 5.88 Å². The van der Waals surface area contributed by atoms with Crippen LogP contribution in [0.5, 0.6) is 0 Å². The van der Waals surface area contributed by atoms with E-state index in [9.17, 15) is 4.39 Å². The number of rotatable bonds is 3. The minimum absolute atomic E-state index is 0.325. The van der Waals surface area contributed by atoms with Crippen molar-refractivity contribution in [3.05, 3.63) is 40.2 Å². The predicted octanol–water partition coefficient (Wildman–Crippen LogP) is 4.76. The molecule has 0 radical (unpaired) electrons. The summed E-state index contributed by atoms with van der Waals surface area (Å²) in [5, 5.41) is 0.415. The van der Waals surface area contributed by atoms with Gasteiger partial charge in [0.2, 0.25) is 0 Å². The van der Waals surface area contributed by atoms with Crippen molar-refractivity contribution >= 4 is 29.3 Å². The Balaban J connectivity index is 3.06. The Morgan fingerprint density at radius 3 is 2.60 bits per heavy atom. The van der Waals surface area contributed by atoms with Gasteiger partial charge in [0.05, 0.1) is 5.02 Å². The van der Waals surface area contributed by atoms with Gasteiger partial charge in [0.15, 0.2) is 0 Å². The van der Waals surface area contributed by atoms with Crippen molar-refractivity contribution < 1.29 is 4.39 Å². The molecule has 3 heteroatoms. The molecule has 82 valence electrons. The summed E-state index contributed by atoms with van der Waals surface area (Å²) in [5.41, 5.74) is 1.90. The van der Waals surface area contributed by atoms with E-state index < -0.39 is 0 Å². The van der Waals surface area contributed by atoms with E-state index in [0.717, 1.165) is 11.1 Å². The summed E-state index contributed by atoms with van der Waals surface area (Å²) in [7, 11) is 0.